The van der Waals surface area contributed by atoms with Crippen molar-refractivity contribution in [2.24, 2.45) is 0 Å². The van der Waals surface area contributed by atoms with Crippen molar-refractivity contribution in [1.29, 1.82) is 0 Å². The van der Waals surface area contributed by atoms with Gasteiger partial charge in [0.2, 0.25) is 5.91 Å². The fourth-order valence-electron chi connectivity index (χ4n) is 3.57. The number of ether oxygens (including phenoxy) is 1. The van der Waals surface area contributed by atoms with E-state index < -0.39 is 12.0 Å². The molecule has 1 fully saturated rings. The Morgan fingerprint density at radius 2 is 1.63 bits per heavy atom. The number of aryl methyl sites for hydroxylation is 1. The summed E-state index contributed by atoms with van der Waals surface area (Å²) in [6, 6.07) is 18.8. The summed E-state index contributed by atoms with van der Waals surface area (Å²) in [5, 5.41) is 2.61. The lowest BCUT2D eigenvalue weighted by molar-refractivity contribution is -0.141. The summed E-state index contributed by atoms with van der Waals surface area (Å²) < 4.78 is 4.60. The molecule has 0 saturated carbocycles. The van der Waals surface area contributed by atoms with Crippen LogP contribution in [0.2, 0.25) is 0 Å². The molecule has 3 amide bonds. The van der Waals surface area contributed by atoms with Gasteiger partial charge < -0.3 is 19.9 Å². The summed E-state index contributed by atoms with van der Waals surface area (Å²) in [5.74, 6) is -0.866. The monoisotopic (exact) mass is 409 g/mol. The molecule has 0 bridgehead atoms. The van der Waals surface area contributed by atoms with Gasteiger partial charge in [-0.25, -0.2) is 4.79 Å². The number of esters is 1. The van der Waals surface area contributed by atoms with Crippen LogP contribution in [-0.2, 0) is 27.3 Å². The van der Waals surface area contributed by atoms with Gasteiger partial charge in [0.25, 0.3) is 0 Å². The number of benzene rings is 2. The van der Waals surface area contributed by atoms with Gasteiger partial charge in [0.05, 0.1) is 7.11 Å². The SMILES string of the molecule is COC(=O)CNC(=O)C(CCc1ccccc1)N1CCN(Cc2ccccc2)C1=O. The molecule has 0 radical (unpaired) electrons. The smallest absolute Gasteiger partial charge is 0.325 e. The third-order valence-corrected chi connectivity index (χ3v) is 5.21. The summed E-state index contributed by atoms with van der Waals surface area (Å²) in [5.41, 5.74) is 2.14. The Hall–Kier alpha value is -3.35. The normalized spacial score (nSPS) is 14.5. The van der Waals surface area contributed by atoms with Gasteiger partial charge in [-0.15, -0.1) is 0 Å². The summed E-state index contributed by atoms with van der Waals surface area (Å²) in [6.45, 7) is 1.31. The van der Waals surface area contributed by atoms with Crippen LogP contribution in [0.5, 0.6) is 0 Å². The predicted molar refractivity (Wildman–Crippen MR) is 113 cm³/mol. The number of hydrogen-bond donors (Lipinski definition) is 1. The van der Waals surface area contributed by atoms with Crippen molar-refractivity contribution in [3.05, 3.63) is 71.8 Å². The van der Waals surface area contributed by atoms with E-state index in [9.17, 15) is 14.4 Å². The van der Waals surface area contributed by atoms with Crippen LogP contribution >= 0.6 is 0 Å². The average Bonchev–Trinajstić information content (AvgIpc) is 3.13. The van der Waals surface area contributed by atoms with Gasteiger partial charge in [0.15, 0.2) is 0 Å². The molecule has 1 aliphatic rings. The van der Waals surface area contributed by atoms with Crippen molar-refractivity contribution in [3.63, 3.8) is 0 Å². The minimum atomic E-state index is -0.650. The standard InChI is InChI=1S/C23H27N3O4/c1-30-21(27)16-24-22(28)20(13-12-18-8-4-2-5-9-18)26-15-14-25(23(26)29)17-19-10-6-3-7-11-19/h2-11,20H,12-17H2,1H3,(H,24,28). The van der Waals surface area contributed by atoms with Crippen molar-refractivity contribution in [1.82, 2.24) is 15.1 Å². The van der Waals surface area contributed by atoms with Crippen LogP contribution in [0.1, 0.15) is 17.5 Å². The lowest BCUT2D eigenvalue weighted by atomic mass is 10.0. The summed E-state index contributed by atoms with van der Waals surface area (Å²) in [7, 11) is 1.27. The Morgan fingerprint density at radius 1 is 1.00 bits per heavy atom. The molecule has 7 heteroatoms. The first-order valence-corrected chi connectivity index (χ1v) is 10.1. The Balaban J connectivity index is 1.69. The number of methoxy groups -OCH3 is 1. The number of nitrogens with one attached hydrogen (secondary N) is 1. The van der Waals surface area contributed by atoms with Gasteiger partial charge in [-0.1, -0.05) is 60.7 Å². The van der Waals surface area contributed by atoms with Crippen LogP contribution in [0.15, 0.2) is 60.7 Å². The van der Waals surface area contributed by atoms with Crippen LogP contribution in [0.25, 0.3) is 0 Å². The first-order chi connectivity index (χ1) is 14.6. The van der Waals surface area contributed by atoms with Crippen molar-refractivity contribution < 1.29 is 19.1 Å². The fraction of sp³-hybridized carbons (Fsp3) is 0.348. The molecule has 2 aromatic rings. The molecule has 1 unspecified atom stereocenters. The van der Waals surface area contributed by atoms with E-state index in [0.717, 1.165) is 11.1 Å². The third-order valence-electron chi connectivity index (χ3n) is 5.21. The van der Waals surface area contributed by atoms with E-state index in [0.29, 0.717) is 32.5 Å². The van der Waals surface area contributed by atoms with Gasteiger partial charge in [-0.3, -0.25) is 9.59 Å². The molecule has 2 aromatic carbocycles. The molecule has 3 rings (SSSR count). The van der Waals surface area contributed by atoms with E-state index >= 15 is 0 Å². The molecule has 0 spiro atoms. The fourth-order valence-corrected chi connectivity index (χ4v) is 3.57. The molecular formula is C23H27N3O4. The summed E-state index contributed by atoms with van der Waals surface area (Å²) in [4.78, 5) is 40.7. The number of nitrogens with zero attached hydrogens (tertiary/aromatic N) is 2. The van der Waals surface area contributed by atoms with Gasteiger partial charge in [0.1, 0.15) is 12.6 Å². The highest BCUT2D eigenvalue weighted by Crippen LogP contribution is 2.19. The number of carbonyl (C=O) groups is 3. The van der Waals surface area contributed by atoms with Gasteiger partial charge in [-0.2, -0.15) is 0 Å². The van der Waals surface area contributed by atoms with Gasteiger partial charge in [-0.05, 0) is 24.0 Å². The number of urea groups is 1. The largest absolute Gasteiger partial charge is 0.468 e. The number of rotatable bonds is 9. The second-order valence-corrected chi connectivity index (χ2v) is 7.22. The first kappa shape index (κ1) is 21.4. The van der Waals surface area contributed by atoms with Gasteiger partial charge >= 0.3 is 12.0 Å². The quantitative estimate of drug-likeness (QED) is 0.644. The molecule has 1 atom stereocenters. The van der Waals surface area contributed by atoms with Crippen molar-refractivity contribution in [2.75, 3.05) is 26.7 Å². The second-order valence-electron chi connectivity index (χ2n) is 7.22. The molecule has 1 N–H and O–H groups in total. The van der Waals surface area contributed by atoms with Crippen LogP contribution < -0.4 is 5.32 Å². The lowest BCUT2D eigenvalue weighted by Gasteiger charge is -2.27. The maximum Gasteiger partial charge on any atom is 0.325 e. The van der Waals surface area contributed by atoms with E-state index in [4.69, 9.17) is 0 Å². The molecule has 1 aliphatic heterocycles. The minimum absolute atomic E-state index is 0.162. The third kappa shape index (κ3) is 5.59. The molecule has 158 valence electrons. The maximum absolute atomic E-state index is 13.0. The topological polar surface area (TPSA) is 79.0 Å². The molecule has 1 heterocycles. The summed E-state index contributed by atoms with van der Waals surface area (Å²) >= 11 is 0. The highest BCUT2D eigenvalue weighted by atomic mass is 16.5. The maximum atomic E-state index is 13.0. The van der Waals surface area contributed by atoms with E-state index in [1.807, 2.05) is 60.7 Å². The Morgan fingerprint density at radius 3 is 2.27 bits per heavy atom. The van der Waals surface area contributed by atoms with Crippen molar-refractivity contribution in [3.8, 4) is 0 Å². The zero-order valence-corrected chi connectivity index (χ0v) is 17.1. The Kier molecular flexibility index (Phi) is 7.43. The number of carbonyl (C=O) groups excluding carboxylic acids is 3. The van der Waals surface area contributed by atoms with E-state index in [1.54, 1.807) is 9.80 Å². The van der Waals surface area contributed by atoms with Crippen LogP contribution in [0, 0.1) is 0 Å². The van der Waals surface area contributed by atoms with Crippen molar-refractivity contribution in [2.45, 2.75) is 25.4 Å². The zero-order valence-electron chi connectivity index (χ0n) is 17.1. The summed E-state index contributed by atoms with van der Waals surface area (Å²) in [6.07, 6.45) is 1.13. The minimum Gasteiger partial charge on any atom is -0.468 e. The van der Waals surface area contributed by atoms with E-state index in [2.05, 4.69) is 10.1 Å². The molecule has 7 nitrogen and oxygen atoms in total. The van der Waals surface area contributed by atoms with Gasteiger partial charge in [0, 0.05) is 19.6 Å². The predicted octanol–water partition coefficient (Wildman–Crippen LogP) is 2.21. The molecular weight excluding hydrogens is 382 g/mol. The lowest BCUT2D eigenvalue weighted by Crippen LogP contribution is -2.49. The number of hydrogen-bond acceptors (Lipinski definition) is 4. The van der Waals surface area contributed by atoms with E-state index in [1.165, 1.54) is 7.11 Å². The average molecular weight is 409 g/mol. The highest BCUT2D eigenvalue weighted by Gasteiger charge is 2.37. The molecule has 1 saturated heterocycles. The van der Waals surface area contributed by atoms with Crippen molar-refractivity contribution >= 4 is 17.9 Å². The van der Waals surface area contributed by atoms with Crippen LogP contribution in [-0.4, -0.2) is 60.5 Å². The molecule has 30 heavy (non-hydrogen) atoms. The second kappa shape index (κ2) is 10.4. The zero-order chi connectivity index (χ0) is 21.3. The Labute approximate surface area is 176 Å². The highest BCUT2D eigenvalue weighted by molar-refractivity contribution is 5.90. The van der Waals surface area contributed by atoms with Crippen LogP contribution in [0.3, 0.4) is 0 Å². The van der Waals surface area contributed by atoms with Crippen LogP contribution in [0.4, 0.5) is 4.79 Å². The first-order valence-electron chi connectivity index (χ1n) is 10.1. The van der Waals surface area contributed by atoms with E-state index in [-0.39, 0.29) is 18.5 Å². The Bertz CT molecular complexity index is 857. The molecule has 0 aliphatic carbocycles. The molecule has 0 aromatic heterocycles. The number of amides is 3.